The summed E-state index contributed by atoms with van der Waals surface area (Å²) in [6, 6.07) is 0. The van der Waals surface area contributed by atoms with Crippen LogP contribution in [-0.2, 0) is 0 Å². The van der Waals surface area contributed by atoms with Gasteiger partial charge in [-0.2, -0.15) is 0 Å². The lowest BCUT2D eigenvalue weighted by molar-refractivity contribution is 0.0411. The molecule has 3 aliphatic rings. The number of rotatable bonds is 0. The Morgan fingerprint density at radius 3 is 1.73 bits per heavy atom. The molecule has 1 saturated heterocycles. The standard InChI is InChI=1S/C21H39N/c1-2-4-6-8-12-17-21(16-11-7-5-3-1)20-14-10-9-13-19(20)15-18-22-21/h19-20,22H,1-18H2. The third kappa shape index (κ3) is 4.28. The summed E-state index contributed by atoms with van der Waals surface area (Å²) in [6.07, 6.45) is 25.4. The molecule has 2 atom stereocenters. The van der Waals surface area contributed by atoms with Gasteiger partial charge in [0.2, 0.25) is 0 Å². The van der Waals surface area contributed by atoms with E-state index in [0.29, 0.717) is 5.54 Å². The number of fused-ring (bicyclic) bond motifs is 2. The van der Waals surface area contributed by atoms with Gasteiger partial charge in [0.05, 0.1) is 0 Å². The van der Waals surface area contributed by atoms with Crippen LogP contribution in [0.2, 0.25) is 0 Å². The minimum Gasteiger partial charge on any atom is -0.311 e. The van der Waals surface area contributed by atoms with Crippen molar-refractivity contribution in [2.24, 2.45) is 11.8 Å². The van der Waals surface area contributed by atoms with Crippen LogP contribution in [0, 0.1) is 11.8 Å². The van der Waals surface area contributed by atoms with E-state index in [4.69, 9.17) is 0 Å². The highest BCUT2D eigenvalue weighted by Crippen LogP contribution is 2.46. The van der Waals surface area contributed by atoms with Gasteiger partial charge in [0.25, 0.3) is 0 Å². The van der Waals surface area contributed by atoms with Crippen molar-refractivity contribution >= 4 is 0 Å². The van der Waals surface area contributed by atoms with Crippen LogP contribution in [0.3, 0.4) is 0 Å². The first-order valence-electron chi connectivity index (χ1n) is 10.7. The van der Waals surface area contributed by atoms with Gasteiger partial charge in [0.15, 0.2) is 0 Å². The molecular formula is C21H39N. The van der Waals surface area contributed by atoms with E-state index in [-0.39, 0.29) is 0 Å². The van der Waals surface area contributed by atoms with Gasteiger partial charge in [0.1, 0.15) is 0 Å². The lowest BCUT2D eigenvalue weighted by atomic mass is 9.62. The van der Waals surface area contributed by atoms with E-state index in [1.54, 1.807) is 0 Å². The van der Waals surface area contributed by atoms with Crippen LogP contribution in [0.25, 0.3) is 0 Å². The second-order valence-corrected chi connectivity index (χ2v) is 8.56. The van der Waals surface area contributed by atoms with Crippen molar-refractivity contribution in [2.75, 3.05) is 6.54 Å². The van der Waals surface area contributed by atoms with E-state index in [2.05, 4.69) is 5.32 Å². The summed E-state index contributed by atoms with van der Waals surface area (Å²) >= 11 is 0. The van der Waals surface area contributed by atoms with Crippen molar-refractivity contribution in [2.45, 2.75) is 115 Å². The molecule has 1 heteroatoms. The Hall–Kier alpha value is -0.0400. The molecule has 2 unspecified atom stereocenters. The Kier molecular flexibility index (Phi) is 6.65. The van der Waals surface area contributed by atoms with Crippen LogP contribution in [0.15, 0.2) is 0 Å². The summed E-state index contributed by atoms with van der Waals surface area (Å²) in [6.45, 7) is 1.31. The molecule has 3 rings (SSSR count). The summed E-state index contributed by atoms with van der Waals surface area (Å²) in [5.74, 6) is 2.07. The molecule has 0 aromatic rings. The van der Waals surface area contributed by atoms with Crippen LogP contribution in [0.4, 0.5) is 0 Å². The smallest absolute Gasteiger partial charge is 0.0212 e. The number of hydrogen-bond donors (Lipinski definition) is 1. The van der Waals surface area contributed by atoms with Gasteiger partial charge in [-0.3, -0.25) is 0 Å². The van der Waals surface area contributed by atoms with Crippen LogP contribution in [-0.4, -0.2) is 12.1 Å². The average Bonchev–Trinajstić information content (AvgIpc) is 2.58. The molecule has 1 spiro atoms. The highest BCUT2D eigenvalue weighted by atomic mass is 15.0. The number of piperidine rings is 1. The van der Waals surface area contributed by atoms with E-state index >= 15 is 0 Å². The largest absolute Gasteiger partial charge is 0.311 e. The zero-order valence-electron chi connectivity index (χ0n) is 14.9. The molecule has 0 aromatic heterocycles. The molecule has 1 nitrogen and oxygen atoms in total. The summed E-state index contributed by atoms with van der Waals surface area (Å²) < 4.78 is 0. The van der Waals surface area contributed by atoms with Crippen LogP contribution in [0.1, 0.15) is 109 Å². The molecule has 0 bridgehead atoms. The Morgan fingerprint density at radius 1 is 0.545 bits per heavy atom. The van der Waals surface area contributed by atoms with Crippen LogP contribution < -0.4 is 5.32 Å². The van der Waals surface area contributed by atoms with Crippen LogP contribution in [0.5, 0.6) is 0 Å². The molecule has 0 amide bonds. The second kappa shape index (κ2) is 8.71. The average molecular weight is 306 g/mol. The minimum absolute atomic E-state index is 0.539. The predicted molar refractivity (Wildman–Crippen MR) is 96.2 cm³/mol. The molecular weight excluding hydrogens is 266 g/mol. The van der Waals surface area contributed by atoms with E-state index in [0.717, 1.165) is 11.8 Å². The summed E-state index contributed by atoms with van der Waals surface area (Å²) in [5, 5.41) is 4.10. The fourth-order valence-electron chi connectivity index (χ4n) is 5.89. The molecule has 128 valence electrons. The molecule has 1 aliphatic heterocycles. The molecule has 2 aliphatic carbocycles. The van der Waals surface area contributed by atoms with Crippen molar-refractivity contribution in [3.63, 3.8) is 0 Å². The van der Waals surface area contributed by atoms with Crippen molar-refractivity contribution in [1.82, 2.24) is 5.32 Å². The van der Waals surface area contributed by atoms with Gasteiger partial charge in [-0.15, -0.1) is 0 Å². The van der Waals surface area contributed by atoms with Crippen molar-refractivity contribution in [1.29, 1.82) is 0 Å². The Bertz CT molecular complexity index is 295. The first-order chi connectivity index (χ1) is 10.9. The topological polar surface area (TPSA) is 12.0 Å². The van der Waals surface area contributed by atoms with Gasteiger partial charge in [-0.25, -0.2) is 0 Å². The fraction of sp³-hybridized carbons (Fsp3) is 1.00. The maximum atomic E-state index is 4.10. The molecule has 3 fully saturated rings. The zero-order chi connectivity index (χ0) is 15.1. The third-order valence-electron chi connectivity index (χ3n) is 7.11. The minimum atomic E-state index is 0.539. The molecule has 0 aromatic carbocycles. The Labute approximate surface area is 139 Å². The van der Waals surface area contributed by atoms with Crippen LogP contribution >= 0.6 is 0 Å². The van der Waals surface area contributed by atoms with E-state index in [1.807, 2.05) is 0 Å². The highest BCUT2D eigenvalue weighted by Gasteiger charge is 2.44. The van der Waals surface area contributed by atoms with Crippen molar-refractivity contribution in [3.8, 4) is 0 Å². The number of nitrogens with one attached hydrogen (secondary N) is 1. The maximum absolute atomic E-state index is 4.10. The number of hydrogen-bond acceptors (Lipinski definition) is 1. The molecule has 2 saturated carbocycles. The zero-order valence-corrected chi connectivity index (χ0v) is 14.9. The molecule has 1 heterocycles. The van der Waals surface area contributed by atoms with Gasteiger partial charge in [-0.05, 0) is 44.1 Å². The first-order valence-corrected chi connectivity index (χ1v) is 10.7. The van der Waals surface area contributed by atoms with Gasteiger partial charge in [-0.1, -0.05) is 83.5 Å². The van der Waals surface area contributed by atoms with E-state index < -0.39 is 0 Å². The fourth-order valence-corrected chi connectivity index (χ4v) is 5.89. The van der Waals surface area contributed by atoms with E-state index in [1.165, 1.54) is 116 Å². The molecule has 1 N–H and O–H groups in total. The maximum Gasteiger partial charge on any atom is 0.0212 e. The normalized spacial score (nSPS) is 34.9. The summed E-state index contributed by atoms with van der Waals surface area (Å²) in [4.78, 5) is 0. The van der Waals surface area contributed by atoms with Gasteiger partial charge < -0.3 is 5.32 Å². The molecule has 22 heavy (non-hydrogen) atoms. The first kappa shape index (κ1) is 16.8. The monoisotopic (exact) mass is 305 g/mol. The lowest BCUT2D eigenvalue weighted by Gasteiger charge is -2.52. The second-order valence-electron chi connectivity index (χ2n) is 8.56. The van der Waals surface area contributed by atoms with Crippen molar-refractivity contribution in [3.05, 3.63) is 0 Å². The lowest BCUT2D eigenvalue weighted by Crippen LogP contribution is -2.58. The van der Waals surface area contributed by atoms with Gasteiger partial charge in [0, 0.05) is 5.54 Å². The summed E-state index contributed by atoms with van der Waals surface area (Å²) in [7, 11) is 0. The molecule has 0 radical (unpaired) electrons. The quantitative estimate of drug-likeness (QED) is 0.560. The third-order valence-corrected chi connectivity index (χ3v) is 7.11. The SMILES string of the molecule is C1CCCCCCC2(CCCCC1)NCCC1CCCCC12. The predicted octanol–water partition coefficient (Wildman–Crippen LogP) is 6.22. The van der Waals surface area contributed by atoms with Crippen molar-refractivity contribution < 1.29 is 0 Å². The Morgan fingerprint density at radius 2 is 1.09 bits per heavy atom. The highest BCUT2D eigenvalue weighted by molar-refractivity contribution is 5.01. The van der Waals surface area contributed by atoms with Gasteiger partial charge >= 0.3 is 0 Å². The Balaban J connectivity index is 1.65. The van der Waals surface area contributed by atoms with E-state index in [9.17, 15) is 0 Å². The summed E-state index contributed by atoms with van der Waals surface area (Å²) in [5.41, 5.74) is 0.539.